The molecule has 0 spiro atoms. The van der Waals surface area contributed by atoms with E-state index in [1.54, 1.807) is 91.0 Å². The Morgan fingerprint density at radius 2 is 1.26 bits per heavy atom. The van der Waals surface area contributed by atoms with Crippen molar-refractivity contribution in [1.82, 2.24) is 19.2 Å². The molecule has 12 heteroatoms. The predicted molar refractivity (Wildman–Crippen MR) is 149 cm³/mol. The Balaban J connectivity index is 1.37. The van der Waals surface area contributed by atoms with E-state index in [0.717, 1.165) is 4.52 Å². The second-order valence-corrected chi connectivity index (χ2v) is 9.53. The van der Waals surface area contributed by atoms with Crippen molar-refractivity contribution < 1.29 is 33.3 Å². The summed E-state index contributed by atoms with van der Waals surface area (Å²) in [6.07, 6.45) is -2.17. The molecule has 3 aromatic carbocycles. The third kappa shape index (κ3) is 5.76. The lowest BCUT2D eigenvalue weighted by molar-refractivity contribution is -0.0607. The fraction of sp³-hybridized carbons (Fsp3) is 0.161. The third-order valence-corrected chi connectivity index (χ3v) is 6.78. The Kier molecular flexibility index (Phi) is 7.74. The molecule has 12 nitrogen and oxygen atoms in total. The van der Waals surface area contributed by atoms with Crippen LogP contribution in [0.15, 0.2) is 114 Å². The summed E-state index contributed by atoms with van der Waals surface area (Å²) < 4.78 is 26.1. The smallest absolute Gasteiger partial charge is 0.338 e. The number of fused-ring (bicyclic) bond motifs is 1. The largest absolute Gasteiger partial charge is 0.459 e. The van der Waals surface area contributed by atoms with E-state index in [1.807, 2.05) is 0 Å². The summed E-state index contributed by atoms with van der Waals surface area (Å²) in [5, 5.41) is 4.10. The number of aromatic nitrogens is 4. The molecule has 2 aromatic heterocycles. The van der Waals surface area contributed by atoms with Crippen LogP contribution < -0.4 is 5.56 Å². The molecule has 216 valence electrons. The number of nitrogens with zero attached hydrogens (tertiary/aromatic N) is 4. The summed E-state index contributed by atoms with van der Waals surface area (Å²) in [7, 11) is 0. The van der Waals surface area contributed by atoms with E-state index in [2.05, 4.69) is 10.1 Å². The maximum absolute atomic E-state index is 13.3. The van der Waals surface area contributed by atoms with Gasteiger partial charge in [-0.2, -0.15) is 9.61 Å². The highest BCUT2D eigenvalue weighted by Gasteiger charge is 2.52. The van der Waals surface area contributed by atoms with Crippen molar-refractivity contribution in [2.24, 2.45) is 0 Å². The molecule has 1 fully saturated rings. The molecule has 0 bridgehead atoms. The summed E-state index contributed by atoms with van der Waals surface area (Å²) in [4.78, 5) is 56.0. The van der Waals surface area contributed by atoms with Gasteiger partial charge in [0.05, 0.1) is 16.7 Å². The third-order valence-electron chi connectivity index (χ3n) is 6.78. The van der Waals surface area contributed by atoms with Gasteiger partial charge in [0.25, 0.3) is 5.56 Å². The van der Waals surface area contributed by atoms with E-state index in [4.69, 9.17) is 18.9 Å². The van der Waals surface area contributed by atoms with E-state index in [1.165, 1.54) is 23.2 Å². The molecule has 5 aromatic rings. The maximum atomic E-state index is 13.3. The van der Waals surface area contributed by atoms with Crippen molar-refractivity contribution in [2.45, 2.75) is 24.5 Å². The Labute approximate surface area is 244 Å². The first-order chi connectivity index (χ1) is 21.0. The molecule has 1 saturated heterocycles. The van der Waals surface area contributed by atoms with E-state index in [-0.39, 0.29) is 23.5 Å². The lowest BCUT2D eigenvalue weighted by atomic mass is 10.1. The quantitative estimate of drug-likeness (QED) is 0.199. The number of benzene rings is 3. The number of ether oxygens (including phenoxy) is 4. The van der Waals surface area contributed by atoms with Crippen LogP contribution in [0.3, 0.4) is 0 Å². The fourth-order valence-corrected chi connectivity index (χ4v) is 4.70. The molecule has 0 amide bonds. The highest BCUT2D eigenvalue weighted by molar-refractivity contribution is 5.91. The van der Waals surface area contributed by atoms with Crippen molar-refractivity contribution in [2.75, 3.05) is 6.61 Å². The summed E-state index contributed by atoms with van der Waals surface area (Å²) in [5.41, 5.74) is 0.365. The van der Waals surface area contributed by atoms with Crippen LogP contribution in [-0.4, -0.2) is 62.0 Å². The van der Waals surface area contributed by atoms with Gasteiger partial charge in [-0.25, -0.2) is 19.4 Å². The fourth-order valence-electron chi connectivity index (χ4n) is 4.70. The second-order valence-electron chi connectivity index (χ2n) is 9.53. The minimum atomic E-state index is -1.27. The molecule has 0 unspecified atom stereocenters. The molecule has 0 N–H and O–H groups in total. The SMILES string of the molecule is O=C(OC[C@H]1O[C@@H](n2cnn3c(=O)ccnc23)[C@H](OC(=O)c2ccccc2)[C@@H]1OC(=O)c1ccccc1)c1ccccc1. The molecule has 43 heavy (non-hydrogen) atoms. The van der Waals surface area contributed by atoms with Gasteiger partial charge in [-0.15, -0.1) is 0 Å². The molecular weight excluding hydrogens is 556 g/mol. The first kappa shape index (κ1) is 27.5. The molecule has 1 aliphatic heterocycles. The highest BCUT2D eigenvalue weighted by Crippen LogP contribution is 2.36. The molecule has 0 radical (unpaired) electrons. The van der Waals surface area contributed by atoms with Crippen LogP contribution in [0.4, 0.5) is 0 Å². The van der Waals surface area contributed by atoms with Gasteiger partial charge in [-0.05, 0) is 36.4 Å². The van der Waals surface area contributed by atoms with Crippen LogP contribution in [0.5, 0.6) is 0 Å². The van der Waals surface area contributed by atoms with E-state index in [9.17, 15) is 19.2 Å². The zero-order valence-electron chi connectivity index (χ0n) is 22.5. The molecule has 1 aliphatic rings. The first-order valence-corrected chi connectivity index (χ1v) is 13.3. The Hall–Kier alpha value is -5.62. The van der Waals surface area contributed by atoms with Gasteiger partial charge in [0, 0.05) is 12.3 Å². The summed E-state index contributed by atoms with van der Waals surface area (Å²) in [6.45, 7) is -0.351. The van der Waals surface area contributed by atoms with Gasteiger partial charge < -0.3 is 18.9 Å². The predicted octanol–water partition coefficient (Wildman–Crippen LogP) is 3.10. The average Bonchev–Trinajstić information content (AvgIpc) is 3.63. The molecule has 3 heterocycles. The maximum Gasteiger partial charge on any atom is 0.338 e. The lowest BCUT2D eigenvalue weighted by Gasteiger charge is -2.24. The lowest BCUT2D eigenvalue weighted by Crippen LogP contribution is -2.41. The molecule has 0 saturated carbocycles. The van der Waals surface area contributed by atoms with Crippen LogP contribution in [-0.2, 0) is 18.9 Å². The van der Waals surface area contributed by atoms with Gasteiger partial charge in [-0.3, -0.25) is 9.36 Å². The van der Waals surface area contributed by atoms with Crippen molar-refractivity contribution >= 4 is 23.7 Å². The number of carbonyl (C=O) groups excluding carboxylic acids is 3. The zero-order valence-corrected chi connectivity index (χ0v) is 22.5. The van der Waals surface area contributed by atoms with Gasteiger partial charge in [-0.1, -0.05) is 54.6 Å². The Morgan fingerprint density at radius 3 is 1.84 bits per heavy atom. The van der Waals surface area contributed by atoms with E-state index in [0.29, 0.717) is 5.56 Å². The van der Waals surface area contributed by atoms with Crippen LogP contribution >= 0.6 is 0 Å². The van der Waals surface area contributed by atoms with E-state index >= 15 is 0 Å². The molecular formula is C31H24N4O8. The average molecular weight is 581 g/mol. The second kappa shape index (κ2) is 12.1. The summed E-state index contributed by atoms with van der Waals surface area (Å²) in [6, 6.07) is 26.1. The highest BCUT2D eigenvalue weighted by atomic mass is 16.7. The van der Waals surface area contributed by atoms with Gasteiger partial charge >= 0.3 is 17.9 Å². The summed E-state index contributed by atoms with van der Waals surface area (Å²) >= 11 is 0. The number of esters is 3. The molecule has 0 aliphatic carbocycles. The Morgan fingerprint density at radius 1 is 0.721 bits per heavy atom. The monoisotopic (exact) mass is 580 g/mol. The number of rotatable bonds is 8. The van der Waals surface area contributed by atoms with Crippen LogP contribution in [0.2, 0.25) is 0 Å². The number of hydrogen-bond acceptors (Lipinski definition) is 10. The summed E-state index contributed by atoms with van der Waals surface area (Å²) in [5.74, 6) is -1.95. The van der Waals surface area contributed by atoms with Gasteiger partial charge in [0.15, 0.2) is 18.4 Å². The minimum Gasteiger partial charge on any atom is -0.459 e. The minimum absolute atomic E-state index is 0.0910. The van der Waals surface area contributed by atoms with Crippen LogP contribution in [0.25, 0.3) is 5.78 Å². The van der Waals surface area contributed by atoms with Gasteiger partial charge in [0.1, 0.15) is 19.0 Å². The Bertz CT molecular complexity index is 1810. The van der Waals surface area contributed by atoms with Crippen LogP contribution in [0, 0.1) is 0 Å². The normalized spacial score (nSPS) is 19.5. The zero-order chi connectivity index (χ0) is 29.8. The first-order valence-electron chi connectivity index (χ1n) is 13.3. The standard InChI is InChI=1S/C31H24N4O8/c36-24-16-17-32-31-34(19-33-35(24)31)27-26(43-30(39)22-14-8-3-9-15-22)25(42-29(38)21-12-6-2-7-13-21)23(41-27)18-40-28(37)20-10-4-1-5-11-20/h1-17,19,23,25-27H,18H2/t23-,25-,26-,27-/m1/s1. The molecule has 4 atom stereocenters. The van der Waals surface area contributed by atoms with Gasteiger partial charge in [0.2, 0.25) is 5.78 Å². The van der Waals surface area contributed by atoms with Crippen molar-refractivity contribution in [3.05, 3.63) is 137 Å². The number of hydrogen-bond donors (Lipinski definition) is 0. The van der Waals surface area contributed by atoms with E-state index < -0.39 is 48.0 Å². The van der Waals surface area contributed by atoms with Crippen LogP contribution in [0.1, 0.15) is 37.3 Å². The van der Waals surface area contributed by atoms with Crippen molar-refractivity contribution in [1.29, 1.82) is 0 Å². The topological polar surface area (TPSA) is 140 Å². The number of carbonyl (C=O) groups is 3. The van der Waals surface area contributed by atoms with Crippen molar-refractivity contribution in [3.8, 4) is 0 Å². The van der Waals surface area contributed by atoms with Crippen molar-refractivity contribution in [3.63, 3.8) is 0 Å². The molecule has 6 rings (SSSR count).